The van der Waals surface area contributed by atoms with Gasteiger partial charge < -0.3 is 32.6 Å². The molecule has 229 valence electrons. The second-order valence-corrected chi connectivity index (χ2v) is 9.10. The molecule has 0 aliphatic rings. The van der Waals surface area contributed by atoms with Gasteiger partial charge in [0.1, 0.15) is 0 Å². The molecule has 0 aliphatic carbocycles. The number of nitrogens with zero attached hydrogens (tertiary/aromatic N) is 3. The minimum absolute atomic E-state index is 0. The second kappa shape index (κ2) is 60.5. The normalized spacial score (nSPS) is 8.83. The molecule has 0 rings (SSSR count). The summed E-state index contributed by atoms with van der Waals surface area (Å²) < 4.78 is 0. The van der Waals surface area contributed by atoms with Gasteiger partial charge in [0.2, 0.25) is 0 Å². The van der Waals surface area contributed by atoms with E-state index in [1.54, 1.807) is 27.7 Å². The molecule has 0 bridgehead atoms. The SMILES string of the molecule is CC(C)(C)C.CC(C)C.CCN(CC)CC.CCN(CC)CN(CC)CC.[CH2-]C.[CH2-]C.[CH2-]C.[CH2-]C.[Y]. The smallest absolute Gasteiger partial charge is 0.0505 e. The molecule has 0 aromatic rings. The summed E-state index contributed by atoms with van der Waals surface area (Å²) in [6, 6.07) is 0. The van der Waals surface area contributed by atoms with Crippen LogP contribution in [0.25, 0.3) is 0 Å². The molecule has 0 fully saturated rings. The van der Waals surface area contributed by atoms with Crippen molar-refractivity contribution >= 4 is 0 Å². The minimum Gasteiger partial charge on any atom is -0.346 e. The van der Waals surface area contributed by atoms with Crippen LogP contribution in [0.5, 0.6) is 0 Å². The molecule has 0 atom stereocenters. The van der Waals surface area contributed by atoms with Crippen LogP contribution < -0.4 is 0 Å². The summed E-state index contributed by atoms with van der Waals surface area (Å²) in [4.78, 5) is 7.25. The maximum Gasteiger partial charge on any atom is 0.0505 e. The molecule has 0 aliphatic heterocycles. The van der Waals surface area contributed by atoms with Gasteiger partial charge in [0.05, 0.1) is 6.67 Å². The van der Waals surface area contributed by atoms with Crippen molar-refractivity contribution in [3.8, 4) is 0 Å². The van der Waals surface area contributed by atoms with Gasteiger partial charge in [-0.1, -0.05) is 96.9 Å². The van der Waals surface area contributed by atoms with Gasteiger partial charge in [-0.05, 0) is 57.1 Å². The Hall–Kier alpha value is 0.984. The van der Waals surface area contributed by atoms with Gasteiger partial charge in [0, 0.05) is 32.7 Å². The van der Waals surface area contributed by atoms with Gasteiger partial charge in [-0.2, -0.15) is 27.7 Å². The molecule has 0 spiro atoms. The maximum atomic E-state index is 3.25. The molecule has 0 amide bonds. The van der Waals surface area contributed by atoms with Crippen LogP contribution in [-0.4, -0.2) is 67.2 Å². The average Bonchev–Trinajstić information content (AvgIpc) is 2.85. The fourth-order valence-electron chi connectivity index (χ4n) is 1.80. The van der Waals surface area contributed by atoms with E-state index in [1.807, 2.05) is 0 Å². The topological polar surface area (TPSA) is 9.72 Å². The number of rotatable bonds is 9. The first-order valence-electron chi connectivity index (χ1n) is 14.4. The van der Waals surface area contributed by atoms with E-state index in [0.717, 1.165) is 38.8 Å². The molecule has 0 aromatic carbocycles. The van der Waals surface area contributed by atoms with Gasteiger partial charge >= 0.3 is 0 Å². The summed E-state index contributed by atoms with van der Waals surface area (Å²) in [5.74, 6) is 0.833. The van der Waals surface area contributed by atoms with Crippen LogP contribution in [0.3, 0.4) is 0 Å². The molecule has 0 heterocycles. The van der Waals surface area contributed by atoms with Crippen molar-refractivity contribution < 1.29 is 32.7 Å². The van der Waals surface area contributed by atoms with E-state index in [4.69, 9.17) is 0 Å². The van der Waals surface area contributed by atoms with Gasteiger partial charge in [-0.15, -0.1) is 0 Å². The predicted molar refractivity (Wildman–Crippen MR) is 174 cm³/mol. The standard InChI is InChI=1S/C9H22N2.C6H15N.C5H12.C4H10.4C2H5.Y/c1-5-10(6-2)9-11(7-3)8-4;1-4-7(5-2)6-3;1-5(2,3)4;1-4(2)3;4*1-2;/h5-9H2,1-4H3;4-6H2,1-3H3;1-4H3;4H,1-3H3;4*1H2,2H3;/q;;;;4*-1;. The first-order valence-corrected chi connectivity index (χ1v) is 14.4. The monoisotopic (exact) mass is 595 g/mol. The molecular weight excluding hydrogens is 515 g/mol. The van der Waals surface area contributed by atoms with Crippen LogP contribution in [0.2, 0.25) is 0 Å². The third-order valence-corrected chi connectivity index (χ3v) is 3.53. The van der Waals surface area contributed by atoms with Crippen molar-refractivity contribution in [2.45, 2.75) is 125 Å². The first kappa shape index (κ1) is 61.2. The van der Waals surface area contributed by atoms with Crippen molar-refractivity contribution in [1.29, 1.82) is 0 Å². The quantitative estimate of drug-likeness (QED) is 0.194. The zero-order valence-electron chi connectivity index (χ0n) is 29.5. The Labute approximate surface area is 262 Å². The van der Waals surface area contributed by atoms with Crippen LogP contribution in [0, 0.1) is 39.0 Å². The van der Waals surface area contributed by atoms with E-state index in [1.165, 1.54) is 19.6 Å². The molecule has 0 saturated heterocycles. The fraction of sp³-hybridized carbons (Fsp3) is 0.875. The van der Waals surface area contributed by atoms with Crippen LogP contribution in [0.4, 0.5) is 0 Å². The van der Waals surface area contributed by atoms with Gasteiger partial charge in [-0.3, -0.25) is 9.80 Å². The molecule has 4 heteroatoms. The van der Waals surface area contributed by atoms with Gasteiger partial charge in [0.25, 0.3) is 0 Å². The van der Waals surface area contributed by atoms with E-state index in [2.05, 4.69) is 139 Å². The van der Waals surface area contributed by atoms with Crippen molar-refractivity contribution in [2.24, 2.45) is 11.3 Å². The predicted octanol–water partition coefficient (Wildman–Crippen LogP) is 10.0. The van der Waals surface area contributed by atoms with E-state index in [-0.39, 0.29) is 32.7 Å². The average molecular weight is 595 g/mol. The summed E-state index contributed by atoms with van der Waals surface area (Å²) in [5.41, 5.74) is 0.500. The summed E-state index contributed by atoms with van der Waals surface area (Å²) in [6.07, 6.45) is 0. The van der Waals surface area contributed by atoms with Crippen LogP contribution in [0.15, 0.2) is 0 Å². The Bertz CT molecular complexity index is 218. The molecule has 36 heavy (non-hydrogen) atoms. The Morgan fingerprint density at radius 2 is 0.556 bits per heavy atom. The van der Waals surface area contributed by atoms with Crippen LogP contribution in [-0.2, 0) is 32.7 Å². The van der Waals surface area contributed by atoms with E-state index in [0.29, 0.717) is 5.41 Å². The second-order valence-electron chi connectivity index (χ2n) is 9.10. The summed E-state index contributed by atoms with van der Waals surface area (Å²) in [6.45, 7) is 60.0. The Balaban J connectivity index is -0.0000000365. The third kappa shape index (κ3) is 112. The molecule has 0 aromatic heterocycles. The largest absolute Gasteiger partial charge is 0.346 e. The zero-order chi connectivity index (χ0) is 30.5. The Kier molecular flexibility index (Phi) is 103. The van der Waals surface area contributed by atoms with Crippen molar-refractivity contribution in [1.82, 2.24) is 14.7 Å². The van der Waals surface area contributed by atoms with Crippen LogP contribution >= 0.6 is 0 Å². The molecule has 3 nitrogen and oxygen atoms in total. The maximum absolute atomic E-state index is 3.25. The summed E-state index contributed by atoms with van der Waals surface area (Å²) in [7, 11) is 0. The van der Waals surface area contributed by atoms with E-state index < -0.39 is 0 Å². The van der Waals surface area contributed by atoms with E-state index in [9.17, 15) is 0 Å². The molecule has 0 saturated carbocycles. The number of hydrogen-bond donors (Lipinski definition) is 0. The van der Waals surface area contributed by atoms with Gasteiger partial charge in [0.15, 0.2) is 0 Å². The molecular formula is C32H79N3Y-4. The van der Waals surface area contributed by atoms with Crippen molar-refractivity contribution in [2.75, 3.05) is 52.5 Å². The molecule has 0 unspecified atom stereocenters. The fourth-order valence-corrected chi connectivity index (χ4v) is 1.80. The molecule has 0 N–H and O–H groups in total. The Morgan fingerprint density at radius 1 is 0.444 bits per heavy atom. The zero-order valence-corrected chi connectivity index (χ0v) is 32.3. The van der Waals surface area contributed by atoms with Crippen molar-refractivity contribution in [3.05, 3.63) is 27.7 Å². The van der Waals surface area contributed by atoms with E-state index >= 15 is 0 Å². The van der Waals surface area contributed by atoms with Crippen molar-refractivity contribution in [3.63, 3.8) is 0 Å². The Morgan fingerprint density at radius 3 is 0.611 bits per heavy atom. The van der Waals surface area contributed by atoms with Gasteiger partial charge in [-0.25, -0.2) is 0 Å². The summed E-state index contributed by atoms with van der Waals surface area (Å²) in [5, 5.41) is 0. The molecule has 1 radical (unpaired) electrons. The first-order chi connectivity index (χ1) is 16.4. The van der Waals surface area contributed by atoms with Crippen LogP contribution in [0.1, 0.15) is 125 Å². The summed E-state index contributed by atoms with van der Waals surface area (Å²) >= 11 is 0. The third-order valence-electron chi connectivity index (χ3n) is 3.53. The number of hydrogen-bond acceptors (Lipinski definition) is 3. The minimum atomic E-state index is 0.